The van der Waals surface area contributed by atoms with Crippen molar-refractivity contribution in [3.8, 4) is 0 Å². The zero-order valence-electron chi connectivity index (χ0n) is 15.7. The molecule has 5 nitrogen and oxygen atoms in total. The summed E-state index contributed by atoms with van der Waals surface area (Å²) < 4.78 is 3.19. The number of carbonyl (C=O) groups is 1. The molecule has 2 atom stereocenters. The normalized spacial score (nSPS) is 28.4. The van der Waals surface area contributed by atoms with Crippen LogP contribution in [0.3, 0.4) is 0 Å². The molecular formula is C21H28BrN3O2. The Morgan fingerprint density at radius 1 is 1.44 bits per heavy atom. The number of nitrogens with two attached hydrogens (primary N) is 1. The van der Waals surface area contributed by atoms with E-state index in [9.17, 15) is 9.90 Å². The lowest BCUT2D eigenvalue weighted by atomic mass is 9.58. The molecule has 27 heavy (non-hydrogen) atoms. The monoisotopic (exact) mass is 433 g/mol. The maximum atomic E-state index is 12.0. The number of amides is 1. The summed E-state index contributed by atoms with van der Waals surface area (Å²) in [5, 5.41) is 14.7. The maximum Gasteiger partial charge on any atom is 0.217 e. The van der Waals surface area contributed by atoms with Gasteiger partial charge in [-0.05, 0) is 55.7 Å². The van der Waals surface area contributed by atoms with Gasteiger partial charge < -0.3 is 20.7 Å². The molecule has 3 fully saturated rings. The number of benzene rings is 1. The summed E-state index contributed by atoms with van der Waals surface area (Å²) >= 11 is 3.74. The van der Waals surface area contributed by atoms with Gasteiger partial charge in [-0.1, -0.05) is 22.0 Å². The zero-order valence-corrected chi connectivity index (χ0v) is 17.3. The van der Waals surface area contributed by atoms with E-state index in [1.807, 2.05) is 6.07 Å². The number of aromatic nitrogens is 1. The van der Waals surface area contributed by atoms with Gasteiger partial charge in [0.1, 0.15) is 0 Å². The van der Waals surface area contributed by atoms with E-state index in [2.05, 4.69) is 44.1 Å². The highest BCUT2D eigenvalue weighted by Gasteiger charge is 2.49. The Hall–Kier alpha value is -1.37. The number of hydrogen-bond acceptors (Lipinski definition) is 3. The minimum Gasteiger partial charge on any atom is -0.390 e. The van der Waals surface area contributed by atoms with Crippen LogP contribution in [0, 0.1) is 5.92 Å². The number of aliphatic hydroxyl groups is 1. The van der Waals surface area contributed by atoms with E-state index in [4.69, 9.17) is 5.73 Å². The molecule has 0 saturated heterocycles. The van der Waals surface area contributed by atoms with Crippen molar-refractivity contribution in [3.05, 3.63) is 34.4 Å². The molecule has 0 aliphatic heterocycles. The largest absolute Gasteiger partial charge is 0.390 e. The zero-order chi connectivity index (χ0) is 19.2. The quantitative estimate of drug-likeness (QED) is 0.676. The molecule has 1 amide bonds. The molecule has 4 N–H and O–H groups in total. The first-order valence-electron chi connectivity index (χ1n) is 9.87. The molecule has 3 saturated carbocycles. The highest BCUT2D eigenvalue weighted by atomic mass is 79.9. The van der Waals surface area contributed by atoms with Crippen LogP contribution in [0.5, 0.6) is 0 Å². The topological polar surface area (TPSA) is 80.3 Å². The van der Waals surface area contributed by atoms with Crippen molar-refractivity contribution in [2.75, 3.05) is 6.54 Å². The standard InChI is InChI=1S/C21H28BrN3O2/c1-13(26)24-21-7-5-14(6-8-21)9-17(21)16-12-25(11-15(27)10-23)19-4-2-3-18(22)20(16)19/h2-4,12,14-15,17,27H,5-11,23H2,1H3,(H,24,26). The third-order valence-corrected chi connectivity index (χ3v) is 7.26. The van der Waals surface area contributed by atoms with E-state index in [1.54, 1.807) is 6.92 Å². The second-order valence-corrected chi connectivity index (χ2v) is 9.18. The van der Waals surface area contributed by atoms with E-state index >= 15 is 0 Å². The number of hydrogen-bond donors (Lipinski definition) is 3. The summed E-state index contributed by atoms with van der Waals surface area (Å²) in [5.41, 5.74) is 7.88. The number of carbonyl (C=O) groups excluding carboxylic acids is 1. The molecule has 3 aliphatic rings. The third-order valence-electron chi connectivity index (χ3n) is 6.60. The molecule has 6 heteroatoms. The average molecular weight is 434 g/mol. The van der Waals surface area contributed by atoms with Crippen LogP contribution in [0.2, 0.25) is 0 Å². The van der Waals surface area contributed by atoms with E-state index < -0.39 is 6.10 Å². The highest BCUT2D eigenvalue weighted by Crippen LogP contribution is 2.54. The van der Waals surface area contributed by atoms with Crippen LogP contribution in [-0.4, -0.2) is 33.8 Å². The molecule has 2 unspecified atom stereocenters. The number of aliphatic hydroxyl groups excluding tert-OH is 1. The Morgan fingerprint density at radius 2 is 2.19 bits per heavy atom. The predicted octanol–water partition coefficient (Wildman–Crippen LogP) is 3.28. The Morgan fingerprint density at radius 3 is 2.85 bits per heavy atom. The van der Waals surface area contributed by atoms with Gasteiger partial charge >= 0.3 is 0 Å². The number of nitrogens with zero attached hydrogens (tertiary/aromatic N) is 1. The molecule has 0 spiro atoms. The fourth-order valence-electron chi connectivity index (χ4n) is 5.38. The summed E-state index contributed by atoms with van der Waals surface area (Å²) in [6.07, 6.45) is 7.21. The Labute approximate surface area is 168 Å². The van der Waals surface area contributed by atoms with E-state index in [0.717, 1.165) is 35.2 Å². The Bertz CT molecular complexity index is 854. The van der Waals surface area contributed by atoms with Crippen molar-refractivity contribution in [1.29, 1.82) is 0 Å². The lowest BCUT2D eigenvalue weighted by Crippen LogP contribution is -2.57. The predicted molar refractivity (Wildman–Crippen MR) is 111 cm³/mol. The van der Waals surface area contributed by atoms with Gasteiger partial charge in [0.15, 0.2) is 0 Å². The summed E-state index contributed by atoms with van der Waals surface area (Å²) in [7, 11) is 0. The first-order chi connectivity index (χ1) is 12.9. The van der Waals surface area contributed by atoms with Gasteiger partial charge in [-0.2, -0.15) is 0 Å². The van der Waals surface area contributed by atoms with Crippen LogP contribution in [-0.2, 0) is 11.3 Å². The summed E-state index contributed by atoms with van der Waals surface area (Å²) in [4.78, 5) is 12.0. The molecule has 2 bridgehead atoms. The van der Waals surface area contributed by atoms with Gasteiger partial charge in [0.2, 0.25) is 5.91 Å². The van der Waals surface area contributed by atoms with Gasteiger partial charge in [-0.15, -0.1) is 0 Å². The van der Waals surface area contributed by atoms with Gasteiger partial charge in [0.05, 0.1) is 6.10 Å². The molecule has 1 aromatic carbocycles. The molecule has 5 rings (SSSR count). The van der Waals surface area contributed by atoms with Crippen LogP contribution in [0.4, 0.5) is 0 Å². The van der Waals surface area contributed by atoms with Gasteiger partial charge in [0, 0.05) is 53.0 Å². The van der Waals surface area contributed by atoms with Crippen molar-refractivity contribution in [1.82, 2.24) is 9.88 Å². The minimum atomic E-state index is -0.570. The summed E-state index contributed by atoms with van der Waals surface area (Å²) in [5.74, 6) is 1.09. The number of nitrogens with one attached hydrogen (secondary N) is 1. The van der Waals surface area contributed by atoms with Crippen LogP contribution in [0.25, 0.3) is 10.9 Å². The molecule has 0 radical (unpaired) electrons. The summed E-state index contributed by atoms with van der Waals surface area (Å²) in [6, 6.07) is 6.19. The van der Waals surface area contributed by atoms with Gasteiger partial charge in [0.25, 0.3) is 0 Å². The lowest BCUT2D eigenvalue weighted by molar-refractivity contribution is -0.122. The van der Waals surface area contributed by atoms with Crippen LogP contribution in [0.1, 0.15) is 50.5 Å². The maximum absolute atomic E-state index is 12.0. The van der Waals surface area contributed by atoms with E-state index in [-0.39, 0.29) is 18.0 Å². The number of rotatable bonds is 5. The Kier molecular flexibility index (Phi) is 5.08. The molecule has 1 heterocycles. The van der Waals surface area contributed by atoms with Crippen LogP contribution < -0.4 is 11.1 Å². The molecular weight excluding hydrogens is 406 g/mol. The second kappa shape index (κ2) is 7.22. The molecule has 3 aliphatic carbocycles. The molecule has 2 aromatic rings. The third kappa shape index (κ3) is 3.32. The first kappa shape index (κ1) is 19.0. The lowest BCUT2D eigenvalue weighted by Gasteiger charge is -2.52. The fourth-order valence-corrected chi connectivity index (χ4v) is 5.96. The number of halogens is 1. The van der Waals surface area contributed by atoms with Crippen molar-refractivity contribution in [2.24, 2.45) is 11.7 Å². The summed E-state index contributed by atoms with van der Waals surface area (Å²) in [6.45, 7) is 2.35. The van der Waals surface area contributed by atoms with Gasteiger partial charge in [-0.3, -0.25) is 4.79 Å². The minimum absolute atomic E-state index is 0.0571. The smallest absolute Gasteiger partial charge is 0.217 e. The van der Waals surface area contributed by atoms with Crippen molar-refractivity contribution in [2.45, 2.75) is 63.1 Å². The second-order valence-electron chi connectivity index (χ2n) is 8.33. The van der Waals surface area contributed by atoms with E-state index in [0.29, 0.717) is 12.5 Å². The van der Waals surface area contributed by atoms with Gasteiger partial charge in [-0.25, -0.2) is 0 Å². The SMILES string of the molecule is CC(=O)NC12CCC(CC1)CC2c1cn(CC(O)CN)c2cccc(Br)c12. The average Bonchev–Trinajstić information content (AvgIpc) is 3.01. The van der Waals surface area contributed by atoms with E-state index in [1.165, 1.54) is 23.8 Å². The fraction of sp³-hybridized carbons (Fsp3) is 0.571. The van der Waals surface area contributed by atoms with Crippen molar-refractivity contribution < 1.29 is 9.90 Å². The van der Waals surface area contributed by atoms with Crippen LogP contribution in [0.15, 0.2) is 28.9 Å². The first-order valence-corrected chi connectivity index (χ1v) is 10.7. The molecule has 1 aromatic heterocycles. The van der Waals surface area contributed by atoms with Crippen molar-refractivity contribution in [3.63, 3.8) is 0 Å². The highest BCUT2D eigenvalue weighted by molar-refractivity contribution is 9.10. The van der Waals surface area contributed by atoms with Crippen molar-refractivity contribution >= 4 is 32.7 Å². The number of fused-ring (bicyclic) bond motifs is 4. The molecule has 146 valence electrons. The Balaban J connectivity index is 1.84. The van der Waals surface area contributed by atoms with Crippen LogP contribution >= 0.6 is 15.9 Å².